The van der Waals surface area contributed by atoms with Gasteiger partial charge in [-0.3, -0.25) is 0 Å². The van der Waals surface area contributed by atoms with Gasteiger partial charge in [0.05, 0.1) is 6.20 Å². The zero-order valence-corrected chi connectivity index (χ0v) is 24.6. The van der Waals surface area contributed by atoms with E-state index in [4.69, 9.17) is 9.40 Å². The minimum Gasteiger partial charge on any atom is -0.436 e. The van der Waals surface area contributed by atoms with Gasteiger partial charge < -0.3 is 4.42 Å². The highest BCUT2D eigenvalue weighted by Gasteiger charge is 2.41. The van der Waals surface area contributed by atoms with Crippen molar-refractivity contribution in [1.82, 2.24) is 4.98 Å². The summed E-state index contributed by atoms with van der Waals surface area (Å²) in [5.41, 5.74) is 14.8. The molecule has 212 valence electrons. The first-order chi connectivity index (χ1) is 22.3. The first kappa shape index (κ1) is 25.7. The second-order valence-corrected chi connectivity index (χ2v) is 11.9. The maximum absolute atomic E-state index is 6.53. The molecule has 0 spiro atoms. The smallest absolute Gasteiger partial charge is 0.227 e. The van der Waals surface area contributed by atoms with Crippen molar-refractivity contribution in [3.63, 3.8) is 0 Å². The highest BCUT2D eigenvalue weighted by atomic mass is 16.4. The molecule has 0 bridgehead atoms. The molecule has 0 aliphatic heterocycles. The van der Waals surface area contributed by atoms with Crippen molar-refractivity contribution in [2.75, 3.05) is 0 Å². The summed E-state index contributed by atoms with van der Waals surface area (Å²) < 4.78 is 6.53. The molecule has 3 aliphatic rings. The molecule has 0 saturated heterocycles. The third-order valence-electron chi connectivity index (χ3n) is 9.40. The summed E-state index contributed by atoms with van der Waals surface area (Å²) in [5.74, 6) is 1.74. The van der Waals surface area contributed by atoms with Crippen LogP contribution in [0.15, 0.2) is 162 Å². The van der Waals surface area contributed by atoms with Gasteiger partial charge in [0, 0.05) is 23.0 Å². The van der Waals surface area contributed by atoms with E-state index in [2.05, 4.69) is 140 Å². The van der Waals surface area contributed by atoms with Gasteiger partial charge in [0.25, 0.3) is 0 Å². The Labute approximate surface area is 263 Å². The van der Waals surface area contributed by atoms with Crippen LogP contribution < -0.4 is 0 Å². The molecule has 0 radical (unpaired) electrons. The monoisotopic (exact) mass is 575 g/mol. The average molecular weight is 576 g/mol. The van der Waals surface area contributed by atoms with Crippen LogP contribution in [0.25, 0.3) is 56.9 Å². The van der Waals surface area contributed by atoms with Crippen molar-refractivity contribution in [2.45, 2.75) is 5.92 Å². The maximum atomic E-state index is 6.53. The van der Waals surface area contributed by atoms with Crippen molar-refractivity contribution in [2.24, 2.45) is 5.92 Å². The van der Waals surface area contributed by atoms with Gasteiger partial charge >= 0.3 is 0 Å². The van der Waals surface area contributed by atoms with Crippen LogP contribution in [-0.4, -0.2) is 4.98 Å². The molecule has 2 unspecified atom stereocenters. The summed E-state index contributed by atoms with van der Waals surface area (Å²) in [6.07, 6.45) is 13.6. The van der Waals surface area contributed by atoms with Crippen molar-refractivity contribution in [3.05, 3.63) is 186 Å². The molecular formula is C43H29NO. The lowest BCUT2D eigenvalue weighted by Crippen LogP contribution is -2.25. The number of allylic oxidation sites excluding steroid dienone is 6. The summed E-state index contributed by atoms with van der Waals surface area (Å²) in [6, 6.07) is 45.0. The Kier molecular flexibility index (Phi) is 5.99. The fourth-order valence-electron chi connectivity index (χ4n) is 7.36. The fraction of sp³-hybridized carbons (Fsp3) is 0.0465. The van der Waals surface area contributed by atoms with Crippen LogP contribution in [0.1, 0.15) is 34.1 Å². The van der Waals surface area contributed by atoms with Crippen LogP contribution in [0.4, 0.5) is 0 Å². The molecule has 45 heavy (non-hydrogen) atoms. The molecule has 1 aromatic heterocycles. The molecule has 5 aromatic carbocycles. The first-order valence-corrected chi connectivity index (χ1v) is 15.5. The number of hydrogen-bond donors (Lipinski definition) is 0. The zero-order chi connectivity index (χ0) is 29.7. The molecule has 6 aromatic rings. The number of nitrogens with zero attached hydrogens (tertiary/aromatic N) is 1. The third kappa shape index (κ3) is 4.22. The predicted molar refractivity (Wildman–Crippen MR) is 185 cm³/mol. The molecule has 2 heteroatoms. The highest BCUT2D eigenvalue weighted by Crippen LogP contribution is 2.57. The molecule has 2 atom stereocenters. The summed E-state index contributed by atoms with van der Waals surface area (Å²) in [7, 11) is 0. The molecule has 3 aliphatic carbocycles. The Morgan fingerprint density at radius 1 is 0.556 bits per heavy atom. The predicted octanol–water partition coefficient (Wildman–Crippen LogP) is 11.0. The first-order valence-electron chi connectivity index (χ1n) is 15.5. The van der Waals surface area contributed by atoms with Crippen molar-refractivity contribution >= 4 is 23.3 Å². The van der Waals surface area contributed by atoms with E-state index in [1.54, 1.807) is 0 Å². The maximum Gasteiger partial charge on any atom is 0.227 e. The summed E-state index contributed by atoms with van der Waals surface area (Å²) in [4.78, 5) is 4.87. The SMILES string of the molecule is C1=Cc2c(-c3ccccc3)cc(-c3ccccc3)c3c2C2C1=C(c1ncc(-c4ccccc4)o1)C=C(c1ccccc1)C2C=C3. The van der Waals surface area contributed by atoms with Crippen LogP contribution in [0.5, 0.6) is 0 Å². The molecule has 0 fully saturated rings. The minimum atomic E-state index is 0.124. The second-order valence-electron chi connectivity index (χ2n) is 11.9. The highest BCUT2D eigenvalue weighted by molar-refractivity contribution is 5.98. The van der Waals surface area contributed by atoms with Gasteiger partial charge in [-0.1, -0.05) is 146 Å². The van der Waals surface area contributed by atoms with E-state index in [0.717, 1.165) is 16.9 Å². The molecule has 0 amide bonds. The summed E-state index contributed by atoms with van der Waals surface area (Å²) in [6.45, 7) is 0. The summed E-state index contributed by atoms with van der Waals surface area (Å²) >= 11 is 0. The lowest BCUT2D eigenvalue weighted by Gasteiger charge is -2.40. The van der Waals surface area contributed by atoms with E-state index in [1.807, 2.05) is 24.4 Å². The lowest BCUT2D eigenvalue weighted by molar-refractivity contribution is 0.554. The second kappa shape index (κ2) is 10.5. The van der Waals surface area contributed by atoms with E-state index in [9.17, 15) is 0 Å². The summed E-state index contributed by atoms with van der Waals surface area (Å²) in [5, 5.41) is 0. The molecule has 1 heterocycles. The molecule has 0 N–H and O–H groups in total. The Balaban J connectivity index is 1.32. The van der Waals surface area contributed by atoms with E-state index < -0.39 is 0 Å². The topological polar surface area (TPSA) is 26.0 Å². The Morgan fingerprint density at radius 2 is 1.11 bits per heavy atom. The van der Waals surface area contributed by atoms with Crippen molar-refractivity contribution in [3.8, 4) is 33.6 Å². The van der Waals surface area contributed by atoms with Gasteiger partial charge in [-0.05, 0) is 67.8 Å². The van der Waals surface area contributed by atoms with Crippen LogP contribution in [-0.2, 0) is 0 Å². The van der Waals surface area contributed by atoms with Crippen LogP contribution in [0.3, 0.4) is 0 Å². The Hall–Kier alpha value is -5.73. The van der Waals surface area contributed by atoms with Gasteiger partial charge in [0.2, 0.25) is 5.89 Å². The van der Waals surface area contributed by atoms with E-state index in [1.165, 1.54) is 55.7 Å². The van der Waals surface area contributed by atoms with Gasteiger partial charge in [0.15, 0.2) is 5.76 Å². The van der Waals surface area contributed by atoms with Crippen molar-refractivity contribution in [1.29, 1.82) is 0 Å². The van der Waals surface area contributed by atoms with Gasteiger partial charge in [-0.2, -0.15) is 0 Å². The molecule has 2 nitrogen and oxygen atoms in total. The zero-order valence-electron chi connectivity index (χ0n) is 24.6. The molecule has 9 rings (SSSR count). The average Bonchev–Trinajstić information content (AvgIpc) is 3.62. The number of rotatable bonds is 5. The number of aromatic nitrogens is 1. The van der Waals surface area contributed by atoms with E-state index >= 15 is 0 Å². The van der Waals surface area contributed by atoms with Crippen LogP contribution in [0, 0.1) is 5.92 Å². The number of oxazole rings is 1. The van der Waals surface area contributed by atoms with Crippen molar-refractivity contribution < 1.29 is 4.42 Å². The van der Waals surface area contributed by atoms with Crippen LogP contribution in [0.2, 0.25) is 0 Å². The van der Waals surface area contributed by atoms with Gasteiger partial charge in [-0.15, -0.1) is 0 Å². The third-order valence-corrected chi connectivity index (χ3v) is 9.40. The number of hydrogen-bond acceptors (Lipinski definition) is 2. The normalized spacial score (nSPS) is 17.6. The quantitative estimate of drug-likeness (QED) is 0.204. The standard InChI is InChI=1S/C43H29NO/c1-5-13-28(14-6-1)36-25-37(29-15-7-2-8-16-29)33-23-24-35-39(43-44-27-40(45-43)31-19-11-4-12-20-31)26-38(30-17-9-3-10-18-30)34-22-21-32(36)41(33)42(34)35/h1-27,34,42H. The van der Waals surface area contributed by atoms with E-state index in [0.29, 0.717) is 5.89 Å². The van der Waals surface area contributed by atoms with Gasteiger partial charge in [0.1, 0.15) is 0 Å². The fourth-order valence-corrected chi connectivity index (χ4v) is 7.36. The molecule has 0 saturated carbocycles. The number of benzene rings is 5. The Bertz CT molecular complexity index is 2180. The van der Waals surface area contributed by atoms with E-state index in [-0.39, 0.29) is 11.8 Å². The lowest BCUT2D eigenvalue weighted by atomic mass is 9.62. The molecular weight excluding hydrogens is 546 g/mol. The van der Waals surface area contributed by atoms with Crippen LogP contribution >= 0.6 is 0 Å². The largest absolute Gasteiger partial charge is 0.436 e. The minimum absolute atomic E-state index is 0.124. The van der Waals surface area contributed by atoms with Gasteiger partial charge in [-0.25, -0.2) is 4.98 Å². The Morgan fingerprint density at radius 3 is 1.73 bits per heavy atom.